The third-order valence-corrected chi connectivity index (χ3v) is 5.06. The van der Waals surface area contributed by atoms with Crippen molar-refractivity contribution in [2.24, 2.45) is 0 Å². The van der Waals surface area contributed by atoms with Crippen LogP contribution in [0, 0.1) is 6.92 Å². The van der Waals surface area contributed by atoms with E-state index in [0.29, 0.717) is 29.4 Å². The number of hydrogen-bond donors (Lipinski definition) is 1. The summed E-state index contributed by atoms with van der Waals surface area (Å²) in [4.78, 5) is 17.3. The van der Waals surface area contributed by atoms with Gasteiger partial charge in [0.25, 0.3) is 5.91 Å². The van der Waals surface area contributed by atoms with Crippen molar-refractivity contribution in [1.82, 2.24) is 20.1 Å². The Balaban J connectivity index is 1.64. The lowest BCUT2D eigenvalue weighted by Gasteiger charge is -2.09. The Morgan fingerprint density at radius 2 is 1.87 bits per heavy atom. The highest BCUT2D eigenvalue weighted by Gasteiger charge is 2.18. The molecule has 1 N–H and O–H groups in total. The molecule has 0 aliphatic heterocycles. The Kier molecular flexibility index (Phi) is 5.91. The number of carbonyl (C=O) groups is 1. The van der Waals surface area contributed by atoms with Gasteiger partial charge >= 0.3 is 0 Å². The van der Waals surface area contributed by atoms with Gasteiger partial charge in [-0.15, -0.1) is 0 Å². The monoisotopic (exact) mass is 416 g/mol. The number of carbonyl (C=O) groups excluding carboxylic acids is 1. The summed E-state index contributed by atoms with van der Waals surface area (Å²) in [5.41, 5.74) is 4.73. The summed E-state index contributed by atoms with van der Waals surface area (Å²) < 4.78 is 1.67. The Morgan fingerprint density at radius 3 is 2.63 bits per heavy atom. The van der Waals surface area contributed by atoms with Crippen LogP contribution in [0.1, 0.15) is 21.7 Å². The average Bonchev–Trinajstić information content (AvgIpc) is 3.20. The summed E-state index contributed by atoms with van der Waals surface area (Å²) in [6.45, 7) is 2.49. The van der Waals surface area contributed by atoms with Crippen LogP contribution in [0.2, 0.25) is 5.02 Å². The number of rotatable bonds is 6. The molecule has 0 aliphatic carbocycles. The minimum absolute atomic E-state index is 0.196. The quantitative estimate of drug-likeness (QED) is 0.488. The molecule has 0 spiro atoms. The number of aryl methyl sites for hydroxylation is 1. The molecule has 2 aromatic carbocycles. The zero-order valence-corrected chi connectivity index (χ0v) is 17.3. The van der Waals surface area contributed by atoms with Gasteiger partial charge in [0.05, 0.1) is 16.4 Å². The molecule has 0 radical (unpaired) electrons. The predicted molar refractivity (Wildman–Crippen MR) is 119 cm³/mol. The maximum atomic E-state index is 13.0. The van der Waals surface area contributed by atoms with Crippen molar-refractivity contribution >= 4 is 17.5 Å². The fourth-order valence-electron chi connectivity index (χ4n) is 3.24. The van der Waals surface area contributed by atoms with Crippen LogP contribution in [-0.2, 0) is 6.42 Å². The fraction of sp³-hybridized carbons (Fsp3) is 0.125. The Morgan fingerprint density at radius 1 is 1.03 bits per heavy atom. The van der Waals surface area contributed by atoms with Gasteiger partial charge in [0.2, 0.25) is 0 Å². The molecular weight excluding hydrogens is 396 g/mol. The van der Waals surface area contributed by atoms with E-state index in [1.807, 2.05) is 73.7 Å². The molecule has 30 heavy (non-hydrogen) atoms. The molecule has 2 aromatic heterocycles. The Hall–Kier alpha value is -3.44. The van der Waals surface area contributed by atoms with Gasteiger partial charge < -0.3 is 5.32 Å². The summed E-state index contributed by atoms with van der Waals surface area (Å²) in [5, 5.41) is 8.27. The highest BCUT2D eigenvalue weighted by atomic mass is 35.5. The first-order chi connectivity index (χ1) is 14.6. The van der Waals surface area contributed by atoms with E-state index in [0.717, 1.165) is 22.5 Å². The third-order valence-electron chi connectivity index (χ3n) is 4.73. The summed E-state index contributed by atoms with van der Waals surface area (Å²) in [6.07, 6.45) is 2.41. The molecule has 5 nitrogen and oxygen atoms in total. The molecule has 0 aliphatic rings. The Labute approximate surface area is 180 Å². The first kappa shape index (κ1) is 19.9. The molecule has 4 rings (SSSR count). The SMILES string of the molecule is Cc1cccc(-n2nc(-c3ccccc3Cl)cc2C(=O)NCCc2ccccn2)c1. The maximum Gasteiger partial charge on any atom is 0.270 e. The molecular formula is C24H21ClN4O. The number of halogens is 1. The molecule has 6 heteroatoms. The summed E-state index contributed by atoms with van der Waals surface area (Å²) >= 11 is 6.37. The number of nitrogens with zero attached hydrogens (tertiary/aromatic N) is 3. The van der Waals surface area contributed by atoms with E-state index in [4.69, 9.17) is 16.7 Å². The van der Waals surface area contributed by atoms with E-state index in [2.05, 4.69) is 10.3 Å². The fourth-order valence-corrected chi connectivity index (χ4v) is 3.47. The molecule has 1 amide bonds. The molecule has 0 atom stereocenters. The highest BCUT2D eigenvalue weighted by molar-refractivity contribution is 6.33. The molecule has 4 aromatic rings. The summed E-state index contributed by atoms with van der Waals surface area (Å²) in [6, 6.07) is 22.9. The number of nitrogens with one attached hydrogen (secondary N) is 1. The van der Waals surface area contributed by atoms with E-state index >= 15 is 0 Å². The van der Waals surface area contributed by atoms with Gasteiger partial charge in [0.1, 0.15) is 5.69 Å². The van der Waals surface area contributed by atoms with Crippen molar-refractivity contribution in [3.63, 3.8) is 0 Å². The molecule has 0 fully saturated rings. The molecule has 0 saturated carbocycles. The van der Waals surface area contributed by atoms with Crippen molar-refractivity contribution in [2.45, 2.75) is 13.3 Å². The van der Waals surface area contributed by atoms with Crippen molar-refractivity contribution in [2.75, 3.05) is 6.54 Å². The van der Waals surface area contributed by atoms with Crippen molar-refractivity contribution in [1.29, 1.82) is 0 Å². The van der Waals surface area contributed by atoms with Crippen LogP contribution in [0.25, 0.3) is 16.9 Å². The van der Waals surface area contributed by atoms with Crippen molar-refractivity contribution in [3.05, 3.63) is 101 Å². The molecule has 0 unspecified atom stereocenters. The first-order valence-electron chi connectivity index (χ1n) is 9.72. The van der Waals surface area contributed by atoms with Crippen LogP contribution < -0.4 is 5.32 Å². The largest absolute Gasteiger partial charge is 0.350 e. The van der Waals surface area contributed by atoms with Gasteiger partial charge in [-0.05, 0) is 48.9 Å². The number of benzene rings is 2. The highest BCUT2D eigenvalue weighted by Crippen LogP contribution is 2.28. The van der Waals surface area contributed by atoms with E-state index in [9.17, 15) is 4.79 Å². The second-order valence-corrected chi connectivity index (χ2v) is 7.38. The lowest BCUT2D eigenvalue weighted by atomic mass is 10.1. The molecule has 0 bridgehead atoms. The normalized spacial score (nSPS) is 10.7. The minimum Gasteiger partial charge on any atom is -0.350 e. The number of hydrogen-bond acceptors (Lipinski definition) is 3. The summed E-state index contributed by atoms with van der Waals surface area (Å²) in [7, 11) is 0. The number of aromatic nitrogens is 3. The van der Waals surface area contributed by atoms with E-state index < -0.39 is 0 Å². The van der Waals surface area contributed by atoms with Gasteiger partial charge in [0.15, 0.2) is 0 Å². The molecule has 0 saturated heterocycles. The van der Waals surface area contributed by atoms with Crippen LogP contribution in [-0.4, -0.2) is 27.2 Å². The lowest BCUT2D eigenvalue weighted by molar-refractivity contribution is 0.0946. The van der Waals surface area contributed by atoms with Gasteiger partial charge in [0, 0.05) is 30.4 Å². The van der Waals surface area contributed by atoms with E-state index in [1.54, 1.807) is 16.9 Å². The van der Waals surface area contributed by atoms with Gasteiger partial charge in [-0.1, -0.05) is 48.0 Å². The molecule has 2 heterocycles. The zero-order valence-electron chi connectivity index (χ0n) is 16.5. The van der Waals surface area contributed by atoms with Crippen LogP contribution >= 0.6 is 11.6 Å². The smallest absolute Gasteiger partial charge is 0.270 e. The number of amides is 1. The molecule has 150 valence electrons. The average molecular weight is 417 g/mol. The minimum atomic E-state index is -0.196. The van der Waals surface area contributed by atoms with Gasteiger partial charge in [-0.25, -0.2) is 4.68 Å². The van der Waals surface area contributed by atoms with E-state index in [1.165, 1.54) is 0 Å². The van der Waals surface area contributed by atoms with Crippen LogP contribution in [0.4, 0.5) is 0 Å². The van der Waals surface area contributed by atoms with Crippen LogP contribution in [0.3, 0.4) is 0 Å². The third kappa shape index (κ3) is 4.42. The van der Waals surface area contributed by atoms with Crippen molar-refractivity contribution in [3.8, 4) is 16.9 Å². The topological polar surface area (TPSA) is 59.8 Å². The lowest BCUT2D eigenvalue weighted by Crippen LogP contribution is -2.28. The van der Waals surface area contributed by atoms with Crippen LogP contribution in [0.15, 0.2) is 79.0 Å². The predicted octanol–water partition coefficient (Wildman–Crippen LogP) is 4.87. The summed E-state index contributed by atoms with van der Waals surface area (Å²) in [5.74, 6) is -0.196. The first-order valence-corrected chi connectivity index (χ1v) is 10.1. The maximum absolute atomic E-state index is 13.0. The second-order valence-electron chi connectivity index (χ2n) is 6.97. The number of pyridine rings is 1. The second kappa shape index (κ2) is 8.93. The zero-order chi connectivity index (χ0) is 20.9. The van der Waals surface area contributed by atoms with Crippen molar-refractivity contribution < 1.29 is 4.79 Å². The van der Waals surface area contributed by atoms with E-state index in [-0.39, 0.29) is 5.91 Å². The Bertz CT molecular complexity index is 1170. The van der Waals surface area contributed by atoms with Gasteiger partial charge in [-0.3, -0.25) is 9.78 Å². The van der Waals surface area contributed by atoms with Crippen LogP contribution in [0.5, 0.6) is 0 Å². The standard InChI is InChI=1S/C24H21ClN4O/c1-17-7-6-9-19(15-17)29-23(16-22(28-29)20-10-2-3-11-21(20)25)24(30)27-14-12-18-8-4-5-13-26-18/h2-11,13,15-16H,12,14H2,1H3,(H,27,30). The van der Waals surface area contributed by atoms with Gasteiger partial charge in [-0.2, -0.15) is 5.10 Å².